The van der Waals surface area contributed by atoms with Crippen molar-refractivity contribution in [2.45, 2.75) is 32.7 Å². The molecule has 2 atom stereocenters. The number of pyridine rings is 1. The number of nitrogens with zero attached hydrogens (tertiary/aromatic N) is 2. The molecular formula is C23H30N4O3. The quantitative estimate of drug-likeness (QED) is 0.729. The molecule has 1 saturated heterocycles. The van der Waals surface area contributed by atoms with Gasteiger partial charge in [-0.1, -0.05) is 25.5 Å². The molecule has 1 aliphatic heterocycles. The van der Waals surface area contributed by atoms with Gasteiger partial charge in [0.2, 0.25) is 5.91 Å². The van der Waals surface area contributed by atoms with Crippen molar-refractivity contribution < 1.29 is 14.3 Å². The molecule has 7 nitrogen and oxygen atoms in total. The van der Waals surface area contributed by atoms with E-state index >= 15 is 0 Å². The molecule has 1 aromatic carbocycles. The van der Waals surface area contributed by atoms with Crippen LogP contribution >= 0.6 is 0 Å². The fourth-order valence-electron chi connectivity index (χ4n) is 3.91. The minimum Gasteiger partial charge on any atom is -0.497 e. The molecule has 0 aliphatic carbocycles. The van der Waals surface area contributed by atoms with Crippen molar-refractivity contribution in [3.8, 4) is 5.75 Å². The van der Waals surface area contributed by atoms with E-state index in [1.807, 2.05) is 35.2 Å². The van der Waals surface area contributed by atoms with Crippen LogP contribution in [-0.2, 0) is 11.3 Å². The predicted octanol–water partition coefficient (Wildman–Crippen LogP) is 3.68. The summed E-state index contributed by atoms with van der Waals surface area (Å²) in [4.78, 5) is 31.0. The van der Waals surface area contributed by atoms with E-state index in [0.717, 1.165) is 18.4 Å². The first-order valence-electron chi connectivity index (χ1n) is 10.4. The number of hydrogen-bond acceptors (Lipinski definition) is 4. The zero-order chi connectivity index (χ0) is 21.3. The van der Waals surface area contributed by atoms with E-state index in [1.54, 1.807) is 25.6 Å². The molecule has 2 heterocycles. The Balaban J connectivity index is 1.50. The summed E-state index contributed by atoms with van der Waals surface area (Å²) in [7, 11) is 1.60. The van der Waals surface area contributed by atoms with Crippen molar-refractivity contribution >= 4 is 17.6 Å². The molecular weight excluding hydrogens is 380 g/mol. The Labute approximate surface area is 177 Å². The monoisotopic (exact) mass is 410 g/mol. The number of hydrogen-bond donors (Lipinski definition) is 2. The SMILES string of the molecule is CCC1CN(C(=O)Nc2cccc(OC)c2)CCC1CC(=O)NCc1cccnc1. The lowest BCUT2D eigenvalue weighted by Gasteiger charge is -2.38. The van der Waals surface area contributed by atoms with Gasteiger partial charge in [-0.2, -0.15) is 0 Å². The lowest BCUT2D eigenvalue weighted by molar-refractivity contribution is -0.123. The summed E-state index contributed by atoms with van der Waals surface area (Å²) < 4.78 is 5.21. The van der Waals surface area contributed by atoms with E-state index in [2.05, 4.69) is 22.5 Å². The molecule has 1 aromatic heterocycles. The minimum atomic E-state index is -0.110. The van der Waals surface area contributed by atoms with Crippen molar-refractivity contribution in [1.29, 1.82) is 0 Å². The number of likely N-dealkylation sites (tertiary alicyclic amines) is 1. The van der Waals surface area contributed by atoms with Gasteiger partial charge in [-0.15, -0.1) is 0 Å². The number of anilines is 1. The van der Waals surface area contributed by atoms with Crippen LogP contribution in [-0.4, -0.2) is 42.0 Å². The standard InChI is InChI=1S/C23H30N4O3/c1-3-18-16-27(23(29)26-20-7-4-8-21(13-20)30-2)11-9-19(18)12-22(28)25-15-17-6-5-10-24-14-17/h4-8,10,13-14,18-19H,3,9,11-12,15-16H2,1-2H3,(H,25,28)(H,26,29). The average molecular weight is 411 g/mol. The van der Waals surface area contributed by atoms with E-state index < -0.39 is 0 Å². The number of rotatable bonds is 7. The molecule has 0 spiro atoms. The highest BCUT2D eigenvalue weighted by Crippen LogP contribution is 2.29. The summed E-state index contributed by atoms with van der Waals surface area (Å²) >= 11 is 0. The third-order valence-electron chi connectivity index (χ3n) is 5.68. The van der Waals surface area contributed by atoms with Crippen molar-refractivity contribution in [1.82, 2.24) is 15.2 Å². The smallest absolute Gasteiger partial charge is 0.321 e. The van der Waals surface area contributed by atoms with E-state index in [0.29, 0.717) is 43.4 Å². The molecule has 1 aliphatic rings. The van der Waals surface area contributed by atoms with Crippen LogP contribution < -0.4 is 15.4 Å². The number of carbonyl (C=O) groups is 2. The number of nitrogens with one attached hydrogen (secondary N) is 2. The second kappa shape index (κ2) is 10.6. The van der Waals surface area contributed by atoms with Gasteiger partial charge >= 0.3 is 6.03 Å². The summed E-state index contributed by atoms with van der Waals surface area (Å²) in [5.41, 5.74) is 1.70. The number of piperidine rings is 1. The number of ether oxygens (including phenoxy) is 1. The highest BCUT2D eigenvalue weighted by atomic mass is 16.5. The molecule has 30 heavy (non-hydrogen) atoms. The number of benzene rings is 1. The third-order valence-corrected chi connectivity index (χ3v) is 5.68. The second-order valence-corrected chi connectivity index (χ2v) is 7.67. The minimum absolute atomic E-state index is 0.0524. The Morgan fingerprint density at radius 1 is 1.23 bits per heavy atom. The molecule has 0 radical (unpaired) electrons. The molecule has 3 rings (SSSR count). The van der Waals surface area contributed by atoms with Crippen molar-refractivity contribution in [2.75, 3.05) is 25.5 Å². The van der Waals surface area contributed by atoms with Crippen LogP contribution in [0.5, 0.6) is 5.75 Å². The first-order chi connectivity index (χ1) is 14.6. The fourth-order valence-corrected chi connectivity index (χ4v) is 3.91. The zero-order valence-corrected chi connectivity index (χ0v) is 17.6. The molecule has 3 amide bonds. The number of urea groups is 1. The summed E-state index contributed by atoms with van der Waals surface area (Å²) in [5, 5.41) is 5.93. The second-order valence-electron chi connectivity index (χ2n) is 7.67. The topological polar surface area (TPSA) is 83.6 Å². The molecule has 7 heteroatoms. The van der Waals surface area contributed by atoms with Crippen molar-refractivity contribution in [2.24, 2.45) is 11.8 Å². The van der Waals surface area contributed by atoms with E-state index in [9.17, 15) is 9.59 Å². The molecule has 0 bridgehead atoms. The first kappa shape index (κ1) is 21.6. The van der Waals surface area contributed by atoms with Gasteiger partial charge in [-0.3, -0.25) is 9.78 Å². The van der Waals surface area contributed by atoms with Gasteiger partial charge in [-0.05, 0) is 42.0 Å². The number of aromatic nitrogens is 1. The molecule has 160 valence electrons. The lowest BCUT2D eigenvalue weighted by atomic mass is 9.81. The molecule has 0 saturated carbocycles. The normalized spacial score (nSPS) is 18.5. The fraction of sp³-hybridized carbons (Fsp3) is 0.435. The van der Waals surface area contributed by atoms with Gasteiger partial charge in [0.05, 0.1) is 7.11 Å². The van der Waals surface area contributed by atoms with Crippen LogP contribution in [0.2, 0.25) is 0 Å². The van der Waals surface area contributed by atoms with Crippen molar-refractivity contribution in [3.05, 3.63) is 54.4 Å². The Kier molecular flexibility index (Phi) is 7.65. The Bertz CT molecular complexity index is 843. The summed E-state index contributed by atoms with van der Waals surface area (Å²) in [5.74, 6) is 1.34. The van der Waals surface area contributed by atoms with Gasteiger partial charge in [0, 0.05) is 50.2 Å². The average Bonchev–Trinajstić information content (AvgIpc) is 2.78. The molecule has 2 N–H and O–H groups in total. The highest BCUT2D eigenvalue weighted by Gasteiger charge is 2.31. The van der Waals surface area contributed by atoms with Crippen molar-refractivity contribution in [3.63, 3.8) is 0 Å². The lowest BCUT2D eigenvalue weighted by Crippen LogP contribution is -2.46. The summed E-state index contributed by atoms with van der Waals surface area (Å²) in [6.45, 7) is 3.92. The first-order valence-corrected chi connectivity index (χ1v) is 10.4. The van der Waals surface area contributed by atoms with Gasteiger partial charge in [0.25, 0.3) is 0 Å². The zero-order valence-electron chi connectivity index (χ0n) is 17.6. The number of carbonyl (C=O) groups excluding carboxylic acids is 2. The summed E-state index contributed by atoms with van der Waals surface area (Å²) in [6, 6.07) is 11.0. The highest BCUT2D eigenvalue weighted by molar-refractivity contribution is 5.89. The van der Waals surface area contributed by atoms with Crippen LogP contribution in [0.1, 0.15) is 31.7 Å². The number of amides is 3. The van der Waals surface area contributed by atoms with Crippen LogP contribution in [0.3, 0.4) is 0 Å². The third kappa shape index (κ3) is 5.95. The Morgan fingerprint density at radius 2 is 2.10 bits per heavy atom. The van der Waals surface area contributed by atoms with Crippen LogP contribution in [0, 0.1) is 11.8 Å². The van der Waals surface area contributed by atoms with Gasteiger partial charge in [0.15, 0.2) is 0 Å². The maximum absolute atomic E-state index is 12.7. The molecule has 2 unspecified atom stereocenters. The largest absolute Gasteiger partial charge is 0.497 e. The maximum Gasteiger partial charge on any atom is 0.321 e. The van der Waals surface area contributed by atoms with Gasteiger partial charge in [0.1, 0.15) is 5.75 Å². The van der Waals surface area contributed by atoms with Gasteiger partial charge < -0.3 is 20.3 Å². The van der Waals surface area contributed by atoms with E-state index in [-0.39, 0.29) is 17.9 Å². The maximum atomic E-state index is 12.7. The Morgan fingerprint density at radius 3 is 2.83 bits per heavy atom. The van der Waals surface area contributed by atoms with Crippen LogP contribution in [0.15, 0.2) is 48.8 Å². The van der Waals surface area contributed by atoms with E-state index in [4.69, 9.17) is 4.74 Å². The van der Waals surface area contributed by atoms with Gasteiger partial charge in [-0.25, -0.2) is 4.79 Å². The molecule has 1 fully saturated rings. The summed E-state index contributed by atoms with van der Waals surface area (Å²) in [6.07, 6.45) is 5.72. The van der Waals surface area contributed by atoms with Crippen LogP contribution in [0.4, 0.5) is 10.5 Å². The Hall–Kier alpha value is -3.09. The predicted molar refractivity (Wildman–Crippen MR) is 116 cm³/mol. The molecule has 2 aromatic rings. The number of methoxy groups -OCH3 is 1. The van der Waals surface area contributed by atoms with E-state index in [1.165, 1.54) is 0 Å². The van der Waals surface area contributed by atoms with Crippen LogP contribution in [0.25, 0.3) is 0 Å².